The van der Waals surface area contributed by atoms with Gasteiger partial charge in [0.15, 0.2) is 0 Å². The molecule has 1 N–H and O–H groups in total. The number of hydrogen-bond donors (Lipinski definition) is 1. The van der Waals surface area contributed by atoms with Crippen LogP contribution < -0.4 is 15.0 Å². The average Bonchev–Trinajstić information content (AvgIpc) is 2.73. The van der Waals surface area contributed by atoms with Gasteiger partial charge in [-0.2, -0.15) is 0 Å². The Morgan fingerprint density at radius 2 is 2.21 bits per heavy atom. The molecule has 1 saturated heterocycles. The number of ether oxygens (including phenoxy) is 1. The molecule has 1 aliphatic rings. The molecule has 0 atom stereocenters. The van der Waals surface area contributed by atoms with E-state index in [1.165, 1.54) is 18.7 Å². The first-order chi connectivity index (χ1) is 9.29. The molecule has 0 bridgehead atoms. The van der Waals surface area contributed by atoms with Gasteiger partial charge >= 0.3 is 0 Å². The number of benzene rings is 1. The Morgan fingerprint density at radius 3 is 3.05 bits per heavy atom. The zero-order chi connectivity index (χ0) is 13.5. The van der Waals surface area contributed by atoms with Crippen LogP contribution in [-0.4, -0.2) is 58.3 Å². The highest BCUT2D eigenvalue weighted by Crippen LogP contribution is 2.19. The van der Waals surface area contributed by atoms with Gasteiger partial charge < -0.3 is 19.9 Å². The second-order valence-corrected chi connectivity index (χ2v) is 5.07. The Kier molecular flexibility index (Phi) is 5.48. The third-order valence-corrected chi connectivity index (χ3v) is 3.68. The number of nitrogens with zero attached hydrogens (tertiary/aromatic N) is 2. The average molecular weight is 263 g/mol. The summed E-state index contributed by atoms with van der Waals surface area (Å²) in [5.41, 5.74) is 1.22. The highest BCUT2D eigenvalue weighted by atomic mass is 16.5. The summed E-state index contributed by atoms with van der Waals surface area (Å²) in [7, 11) is 3.86. The van der Waals surface area contributed by atoms with Crippen molar-refractivity contribution in [3.63, 3.8) is 0 Å². The number of anilines is 1. The van der Waals surface area contributed by atoms with E-state index in [0.717, 1.165) is 38.5 Å². The van der Waals surface area contributed by atoms with Crippen molar-refractivity contribution in [1.82, 2.24) is 10.2 Å². The lowest BCUT2D eigenvalue weighted by atomic mass is 10.2. The number of rotatable bonds is 5. The third-order valence-electron chi connectivity index (χ3n) is 3.68. The molecule has 1 aromatic rings. The maximum atomic E-state index is 5.27. The third kappa shape index (κ3) is 4.40. The van der Waals surface area contributed by atoms with E-state index in [9.17, 15) is 0 Å². The van der Waals surface area contributed by atoms with Gasteiger partial charge in [0.1, 0.15) is 5.75 Å². The monoisotopic (exact) mass is 263 g/mol. The zero-order valence-electron chi connectivity index (χ0n) is 12.1. The van der Waals surface area contributed by atoms with Crippen molar-refractivity contribution in [2.24, 2.45) is 0 Å². The van der Waals surface area contributed by atoms with Gasteiger partial charge in [-0.25, -0.2) is 0 Å². The quantitative estimate of drug-likeness (QED) is 0.870. The first kappa shape index (κ1) is 14.2. The minimum Gasteiger partial charge on any atom is -0.497 e. The number of methoxy groups -OCH3 is 1. The molecule has 0 aliphatic carbocycles. The molecule has 0 spiro atoms. The molecule has 4 heteroatoms. The Morgan fingerprint density at radius 1 is 1.32 bits per heavy atom. The second-order valence-electron chi connectivity index (χ2n) is 5.07. The Bertz CT molecular complexity index is 375. The molecule has 19 heavy (non-hydrogen) atoms. The van der Waals surface area contributed by atoms with Crippen LogP contribution >= 0.6 is 0 Å². The second kappa shape index (κ2) is 7.36. The maximum absolute atomic E-state index is 5.27. The molecular weight excluding hydrogens is 238 g/mol. The largest absolute Gasteiger partial charge is 0.497 e. The van der Waals surface area contributed by atoms with Gasteiger partial charge in [0, 0.05) is 45.0 Å². The molecule has 0 amide bonds. The minimum atomic E-state index is 0.920. The fourth-order valence-corrected chi connectivity index (χ4v) is 2.39. The summed E-state index contributed by atoms with van der Waals surface area (Å²) in [6, 6.07) is 8.24. The Hall–Kier alpha value is -1.26. The Balaban J connectivity index is 1.84. The molecule has 1 aromatic carbocycles. The van der Waals surface area contributed by atoms with Gasteiger partial charge in [-0.1, -0.05) is 6.07 Å². The van der Waals surface area contributed by atoms with Crippen LogP contribution in [0.4, 0.5) is 5.69 Å². The van der Waals surface area contributed by atoms with E-state index in [1.54, 1.807) is 7.11 Å². The van der Waals surface area contributed by atoms with Crippen LogP contribution in [0.25, 0.3) is 0 Å². The lowest BCUT2D eigenvalue weighted by Crippen LogP contribution is -2.35. The molecular formula is C15H25N3O. The van der Waals surface area contributed by atoms with Gasteiger partial charge in [0.05, 0.1) is 7.11 Å². The summed E-state index contributed by atoms with van der Waals surface area (Å²) >= 11 is 0. The standard InChI is InChI=1S/C15H25N3O/c1-17(14-5-3-6-15(13-14)19-2)11-12-18-9-4-7-16-8-10-18/h3,5-6,13,16H,4,7-12H2,1-2H3. The fourth-order valence-electron chi connectivity index (χ4n) is 2.39. The SMILES string of the molecule is COc1cccc(N(C)CCN2CCCNCC2)c1. The molecule has 4 nitrogen and oxygen atoms in total. The van der Waals surface area contributed by atoms with E-state index in [0.29, 0.717) is 0 Å². The molecule has 106 valence electrons. The number of likely N-dealkylation sites (N-methyl/N-ethyl adjacent to an activating group) is 1. The lowest BCUT2D eigenvalue weighted by molar-refractivity contribution is 0.299. The van der Waals surface area contributed by atoms with Crippen molar-refractivity contribution in [1.29, 1.82) is 0 Å². The maximum Gasteiger partial charge on any atom is 0.120 e. The van der Waals surface area contributed by atoms with Gasteiger partial charge in [0.25, 0.3) is 0 Å². The summed E-state index contributed by atoms with van der Waals surface area (Å²) in [4.78, 5) is 4.83. The Labute approximate surface area is 116 Å². The first-order valence-corrected chi connectivity index (χ1v) is 7.08. The number of hydrogen-bond acceptors (Lipinski definition) is 4. The van der Waals surface area contributed by atoms with Crippen LogP contribution in [0.1, 0.15) is 6.42 Å². The van der Waals surface area contributed by atoms with Crippen molar-refractivity contribution < 1.29 is 4.74 Å². The summed E-state index contributed by atoms with van der Waals surface area (Å²) in [6.07, 6.45) is 1.25. The van der Waals surface area contributed by atoms with Crippen LogP contribution in [0.15, 0.2) is 24.3 Å². The van der Waals surface area contributed by atoms with Gasteiger partial charge in [-0.15, -0.1) is 0 Å². The van der Waals surface area contributed by atoms with Gasteiger partial charge in [0.2, 0.25) is 0 Å². The molecule has 1 aliphatic heterocycles. The van der Waals surface area contributed by atoms with Crippen molar-refractivity contribution in [2.45, 2.75) is 6.42 Å². The topological polar surface area (TPSA) is 27.7 Å². The van der Waals surface area contributed by atoms with Crippen LogP contribution in [-0.2, 0) is 0 Å². The predicted molar refractivity (Wildman–Crippen MR) is 80.2 cm³/mol. The molecule has 0 unspecified atom stereocenters. The van der Waals surface area contributed by atoms with Crippen molar-refractivity contribution in [3.8, 4) is 5.75 Å². The van der Waals surface area contributed by atoms with Crippen LogP contribution in [0.5, 0.6) is 5.75 Å². The van der Waals surface area contributed by atoms with E-state index in [2.05, 4.69) is 34.3 Å². The number of nitrogens with one attached hydrogen (secondary N) is 1. The normalized spacial score (nSPS) is 16.9. The first-order valence-electron chi connectivity index (χ1n) is 7.08. The predicted octanol–water partition coefficient (Wildman–Crippen LogP) is 1.43. The van der Waals surface area contributed by atoms with Crippen molar-refractivity contribution in [2.75, 3.05) is 58.3 Å². The van der Waals surface area contributed by atoms with E-state index >= 15 is 0 Å². The van der Waals surface area contributed by atoms with Crippen molar-refractivity contribution >= 4 is 5.69 Å². The van der Waals surface area contributed by atoms with Crippen LogP contribution in [0, 0.1) is 0 Å². The van der Waals surface area contributed by atoms with Crippen LogP contribution in [0.2, 0.25) is 0 Å². The molecule has 0 radical (unpaired) electrons. The van der Waals surface area contributed by atoms with Gasteiger partial charge in [-0.05, 0) is 31.6 Å². The van der Waals surface area contributed by atoms with E-state index in [-0.39, 0.29) is 0 Å². The highest BCUT2D eigenvalue weighted by Gasteiger charge is 2.09. The molecule has 1 heterocycles. The molecule has 1 fully saturated rings. The molecule has 2 rings (SSSR count). The summed E-state index contributed by atoms with van der Waals surface area (Å²) < 4.78 is 5.27. The zero-order valence-corrected chi connectivity index (χ0v) is 12.1. The summed E-state index contributed by atoms with van der Waals surface area (Å²) in [6.45, 7) is 6.80. The highest BCUT2D eigenvalue weighted by molar-refractivity contribution is 5.50. The summed E-state index contributed by atoms with van der Waals surface area (Å²) in [5.74, 6) is 0.920. The smallest absolute Gasteiger partial charge is 0.120 e. The van der Waals surface area contributed by atoms with Crippen LogP contribution in [0.3, 0.4) is 0 Å². The summed E-state index contributed by atoms with van der Waals surface area (Å²) in [5, 5.41) is 3.44. The van der Waals surface area contributed by atoms with Gasteiger partial charge in [-0.3, -0.25) is 0 Å². The lowest BCUT2D eigenvalue weighted by Gasteiger charge is -2.25. The fraction of sp³-hybridized carbons (Fsp3) is 0.600. The van der Waals surface area contributed by atoms with Crippen molar-refractivity contribution in [3.05, 3.63) is 24.3 Å². The van der Waals surface area contributed by atoms with E-state index in [4.69, 9.17) is 4.74 Å². The van der Waals surface area contributed by atoms with E-state index < -0.39 is 0 Å². The van der Waals surface area contributed by atoms with E-state index in [1.807, 2.05) is 12.1 Å². The molecule has 0 saturated carbocycles. The minimum absolute atomic E-state index is 0.920. The molecule has 0 aromatic heterocycles.